The van der Waals surface area contributed by atoms with Gasteiger partial charge in [-0.3, -0.25) is 0 Å². The molecule has 0 fully saturated rings. The van der Waals surface area contributed by atoms with Crippen molar-refractivity contribution >= 4 is 27.7 Å². The molecule has 0 spiro atoms. The molecule has 0 amide bonds. The highest BCUT2D eigenvalue weighted by Gasteiger charge is 2.10. The van der Waals surface area contributed by atoms with Gasteiger partial charge in [-0.05, 0) is 55.7 Å². The van der Waals surface area contributed by atoms with E-state index in [1.807, 2.05) is 24.9 Å². The van der Waals surface area contributed by atoms with Crippen LogP contribution in [0.5, 0.6) is 0 Å². The summed E-state index contributed by atoms with van der Waals surface area (Å²) in [4.78, 5) is 0. The molecule has 0 saturated carbocycles. The van der Waals surface area contributed by atoms with Crippen LogP contribution in [0.3, 0.4) is 0 Å². The van der Waals surface area contributed by atoms with E-state index < -0.39 is 0 Å². The van der Waals surface area contributed by atoms with Crippen LogP contribution >= 0.6 is 27.7 Å². The SMILES string of the molecule is CNC(CCSC)Cc1cc(Br)ccc1F. The average molecular weight is 306 g/mol. The van der Waals surface area contributed by atoms with Crippen LogP contribution < -0.4 is 5.32 Å². The van der Waals surface area contributed by atoms with Crippen LogP contribution in [0.1, 0.15) is 12.0 Å². The van der Waals surface area contributed by atoms with Crippen LogP contribution in [0.4, 0.5) is 4.39 Å². The number of hydrogen-bond acceptors (Lipinski definition) is 2. The fourth-order valence-electron chi connectivity index (χ4n) is 1.57. The first-order chi connectivity index (χ1) is 7.67. The Hall–Kier alpha value is -0.0600. The monoisotopic (exact) mass is 305 g/mol. The molecule has 16 heavy (non-hydrogen) atoms. The molecular formula is C12H17BrFNS. The lowest BCUT2D eigenvalue weighted by Crippen LogP contribution is -2.28. The quantitative estimate of drug-likeness (QED) is 0.863. The topological polar surface area (TPSA) is 12.0 Å². The molecular weight excluding hydrogens is 289 g/mol. The van der Waals surface area contributed by atoms with Crippen LogP contribution in [0.15, 0.2) is 22.7 Å². The van der Waals surface area contributed by atoms with Gasteiger partial charge in [0.2, 0.25) is 0 Å². The molecule has 1 unspecified atom stereocenters. The normalized spacial score (nSPS) is 12.8. The molecule has 1 N–H and O–H groups in total. The Labute approximate surface area is 109 Å². The molecule has 0 aliphatic heterocycles. The van der Waals surface area contributed by atoms with Crippen molar-refractivity contribution in [3.8, 4) is 0 Å². The van der Waals surface area contributed by atoms with Crippen LogP contribution in [-0.2, 0) is 6.42 Å². The third-order valence-electron chi connectivity index (χ3n) is 2.55. The number of nitrogens with one attached hydrogen (secondary N) is 1. The molecule has 0 bridgehead atoms. The fraction of sp³-hybridized carbons (Fsp3) is 0.500. The summed E-state index contributed by atoms with van der Waals surface area (Å²) >= 11 is 5.19. The van der Waals surface area contributed by atoms with Crippen molar-refractivity contribution in [1.29, 1.82) is 0 Å². The van der Waals surface area contributed by atoms with Crippen LogP contribution in [0.2, 0.25) is 0 Å². The first-order valence-corrected chi connectivity index (χ1v) is 7.46. The Kier molecular flexibility index (Phi) is 6.39. The van der Waals surface area contributed by atoms with E-state index in [4.69, 9.17) is 0 Å². The Morgan fingerprint density at radius 3 is 2.88 bits per heavy atom. The molecule has 0 aliphatic carbocycles. The molecule has 1 aromatic rings. The first-order valence-electron chi connectivity index (χ1n) is 5.27. The highest BCUT2D eigenvalue weighted by Crippen LogP contribution is 2.18. The molecule has 1 nitrogen and oxygen atoms in total. The minimum Gasteiger partial charge on any atom is -0.317 e. The van der Waals surface area contributed by atoms with Crippen molar-refractivity contribution < 1.29 is 4.39 Å². The van der Waals surface area contributed by atoms with Crippen LogP contribution in [0.25, 0.3) is 0 Å². The lowest BCUT2D eigenvalue weighted by molar-refractivity contribution is 0.525. The van der Waals surface area contributed by atoms with Crippen molar-refractivity contribution in [3.63, 3.8) is 0 Å². The summed E-state index contributed by atoms with van der Waals surface area (Å²) < 4.78 is 14.5. The lowest BCUT2D eigenvalue weighted by atomic mass is 10.0. The smallest absolute Gasteiger partial charge is 0.126 e. The fourth-order valence-corrected chi connectivity index (χ4v) is 2.50. The zero-order valence-corrected chi connectivity index (χ0v) is 12.0. The van der Waals surface area contributed by atoms with Crippen molar-refractivity contribution in [2.24, 2.45) is 0 Å². The zero-order valence-electron chi connectivity index (χ0n) is 9.59. The third-order valence-corrected chi connectivity index (χ3v) is 3.69. The highest BCUT2D eigenvalue weighted by molar-refractivity contribution is 9.10. The van der Waals surface area contributed by atoms with Gasteiger partial charge in [0.1, 0.15) is 5.82 Å². The van der Waals surface area contributed by atoms with Gasteiger partial charge < -0.3 is 5.32 Å². The number of hydrogen-bond donors (Lipinski definition) is 1. The van der Waals surface area contributed by atoms with Gasteiger partial charge >= 0.3 is 0 Å². The number of rotatable bonds is 6. The summed E-state index contributed by atoms with van der Waals surface area (Å²) in [6.45, 7) is 0. The average Bonchev–Trinajstić information content (AvgIpc) is 2.28. The predicted molar refractivity (Wildman–Crippen MR) is 73.7 cm³/mol. The third kappa shape index (κ3) is 4.44. The van der Waals surface area contributed by atoms with Crippen molar-refractivity contribution in [3.05, 3.63) is 34.1 Å². The Balaban J connectivity index is 2.65. The van der Waals surface area contributed by atoms with Crippen LogP contribution in [0, 0.1) is 5.82 Å². The minimum absolute atomic E-state index is 0.118. The summed E-state index contributed by atoms with van der Waals surface area (Å²) in [5.74, 6) is 0.980. The number of thioether (sulfide) groups is 1. The van der Waals surface area contributed by atoms with Crippen molar-refractivity contribution in [2.45, 2.75) is 18.9 Å². The maximum absolute atomic E-state index is 13.5. The summed E-state index contributed by atoms with van der Waals surface area (Å²) in [5.41, 5.74) is 0.773. The van der Waals surface area contributed by atoms with Gasteiger partial charge in [-0.1, -0.05) is 15.9 Å². The van der Waals surface area contributed by atoms with E-state index in [0.717, 1.165) is 28.6 Å². The molecule has 1 rings (SSSR count). The van der Waals surface area contributed by atoms with Gasteiger partial charge in [-0.25, -0.2) is 4.39 Å². The molecule has 0 aromatic heterocycles. The summed E-state index contributed by atoms with van der Waals surface area (Å²) in [6, 6.07) is 5.45. The van der Waals surface area contributed by atoms with Gasteiger partial charge in [0.15, 0.2) is 0 Å². The maximum Gasteiger partial charge on any atom is 0.126 e. The van der Waals surface area contributed by atoms with Gasteiger partial charge in [-0.15, -0.1) is 0 Å². The summed E-state index contributed by atoms with van der Waals surface area (Å²) in [5, 5.41) is 3.24. The largest absolute Gasteiger partial charge is 0.317 e. The van der Waals surface area contributed by atoms with E-state index in [0.29, 0.717) is 6.04 Å². The molecule has 0 heterocycles. The number of benzene rings is 1. The molecule has 0 saturated heterocycles. The molecule has 0 radical (unpaired) electrons. The van der Waals surface area contributed by atoms with Crippen molar-refractivity contribution in [2.75, 3.05) is 19.1 Å². The molecule has 90 valence electrons. The van der Waals surface area contributed by atoms with E-state index >= 15 is 0 Å². The second-order valence-corrected chi connectivity index (χ2v) is 5.61. The molecule has 1 atom stereocenters. The summed E-state index contributed by atoms with van der Waals surface area (Å²) in [6.07, 6.45) is 3.89. The molecule has 0 aliphatic rings. The molecule has 4 heteroatoms. The highest BCUT2D eigenvalue weighted by atomic mass is 79.9. The summed E-state index contributed by atoms with van der Waals surface area (Å²) in [7, 11) is 1.93. The minimum atomic E-state index is -0.118. The standard InChI is InChI=1S/C12H17BrFNS/c1-15-11(5-6-16-2)8-9-7-10(13)3-4-12(9)14/h3-4,7,11,15H,5-6,8H2,1-2H3. The number of likely N-dealkylation sites (N-methyl/N-ethyl adjacent to an activating group) is 1. The van der Waals surface area contributed by atoms with Gasteiger partial charge in [0, 0.05) is 10.5 Å². The van der Waals surface area contributed by atoms with Crippen LogP contribution in [-0.4, -0.2) is 25.1 Å². The van der Waals surface area contributed by atoms with Crippen molar-refractivity contribution in [1.82, 2.24) is 5.32 Å². The van der Waals surface area contributed by atoms with E-state index in [-0.39, 0.29) is 5.82 Å². The predicted octanol–water partition coefficient (Wildman–Crippen LogP) is 3.47. The number of halogens is 2. The van der Waals surface area contributed by atoms with E-state index in [1.165, 1.54) is 6.07 Å². The Bertz CT molecular complexity index is 333. The Morgan fingerprint density at radius 2 is 2.25 bits per heavy atom. The second kappa shape index (κ2) is 7.30. The van der Waals surface area contributed by atoms with E-state index in [9.17, 15) is 4.39 Å². The van der Waals surface area contributed by atoms with Gasteiger partial charge in [0.25, 0.3) is 0 Å². The van der Waals surface area contributed by atoms with E-state index in [2.05, 4.69) is 27.5 Å². The second-order valence-electron chi connectivity index (χ2n) is 3.71. The van der Waals surface area contributed by atoms with E-state index in [1.54, 1.807) is 6.07 Å². The zero-order chi connectivity index (χ0) is 12.0. The lowest BCUT2D eigenvalue weighted by Gasteiger charge is -2.16. The van der Waals surface area contributed by atoms with Gasteiger partial charge in [0.05, 0.1) is 0 Å². The van der Waals surface area contributed by atoms with Gasteiger partial charge in [-0.2, -0.15) is 11.8 Å². The maximum atomic E-state index is 13.5. The molecule has 1 aromatic carbocycles. The Morgan fingerprint density at radius 1 is 1.50 bits per heavy atom. The first kappa shape index (κ1) is 14.0.